The summed E-state index contributed by atoms with van der Waals surface area (Å²) in [5, 5.41) is 0.342. The number of hydrogen-bond donors (Lipinski definition) is 1. The first-order chi connectivity index (χ1) is 9.71. The number of unbranched alkanes of at least 4 members (excludes halogenated alkanes) is 2. The van der Waals surface area contributed by atoms with Gasteiger partial charge in [-0.3, -0.25) is 0 Å². The second kappa shape index (κ2) is 7.47. The van der Waals surface area contributed by atoms with Crippen molar-refractivity contribution in [1.82, 2.24) is 4.31 Å². The van der Waals surface area contributed by atoms with Crippen molar-refractivity contribution in [3.8, 4) is 0 Å². The Morgan fingerprint density at radius 2 is 1.90 bits per heavy atom. The lowest BCUT2D eigenvalue weighted by atomic mass is 10.2. The molecule has 1 aromatic carbocycles. The van der Waals surface area contributed by atoms with Crippen molar-refractivity contribution in [3.05, 3.63) is 22.7 Å². The molecule has 0 atom stereocenters. The minimum atomic E-state index is -3.59. The molecule has 4 nitrogen and oxygen atoms in total. The van der Waals surface area contributed by atoms with Gasteiger partial charge in [0.1, 0.15) is 0 Å². The van der Waals surface area contributed by atoms with E-state index in [2.05, 4.69) is 6.92 Å². The summed E-state index contributed by atoms with van der Waals surface area (Å²) < 4.78 is 27.3. The summed E-state index contributed by atoms with van der Waals surface area (Å²) in [4.78, 5) is 0.206. The van der Waals surface area contributed by atoms with Crippen LogP contribution in [0.4, 0.5) is 5.69 Å². The van der Waals surface area contributed by atoms with Gasteiger partial charge in [-0.05, 0) is 44.9 Å². The Morgan fingerprint density at radius 3 is 2.43 bits per heavy atom. The van der Waals surface area contributed by atoms with E-state index in [1.54, 1.807) is 13.0 Å². The van der Waals surface area contributed by atoms with Gasteiger partial charge >= 0.3 is 0 Å². The third-order valence-corrected chi connectivity index (χ3v) is 5.93. The molecule has 0 aliphatic rings. The van der Waals surface area contributed by atoms with Crippen LogP contribution in [0.5, 0.6) is 0 Å². The fourth-order valence-corrected chi connectivity index (χ4v) is 4.49. The summed E-state index contributed by atoms with van der Waals surface area (Å²) in [7, 11) is -3.59. The lowest BCUT2D eigenvalue weighted by Crippen LogP contribution is -2.38. The number of nitrogen functional groups attached to an aromatic ring is 1. The van der Waals surface area contributed by atoms with Gasteiger partial charge in [0.15, 0.2) is 0 Å². The van der Waals surface area contributed by atoms with Crippen LogP contribution in [0.1, 0.15) is 45.6 Å². The maximum absolute atomic E-state index is 12.9. The fourth-order valence-electron chi connectivity index (χ4n) is 2.24. The van der Waals surface area contributed by atoms with Gasteiger partial charge in [0.2, 0.25) is 10.0 Å². The summed E-state index contributed by atoms with van der Waals surface area (Å²) in [6, 6.07) is 2.95. The Labute approximate surface area is 133 Å². The molecule has 0 saturated carbocycles. The van der Waals surface area contributed by atoms with E-state index in [4.69, 9.17) is 17.3 Å². The highest BCUT2D eigenvalue weighted by atomic mass is 35.5. The maximum Gasteiger partial charge on any atom is 0.243 e. The molecule has 1 aromatic rings. The minimum absolute atomic E-state index is 0.105. The third-order valence-electron chi connectivity index (χ3n) is 3.51. The van der Waals surface area contributed by atoms with Crippen LogP contribution in [0.15, 0.2) is 17.0 Å². The number of halogens is 1. The van der Waals surface area contributed by atoms with Gasteiger partial charge in [-0.1, -0.05) is 31.4 Å². The van der Waals surface area contributed by atoms with Crippen LogP contribution >= 0.6 is 11.6 Å². The highest BCUT2D eigenvalue weighted by Crippen LogP contribution is 2.29. The number of nitrogens with two attached hydrogens (primary N) is 1. The average molecular weight is 333 g/mol. The van der Waals surface area contributed by atoms with Crippen molar-refractivity contribution in [2.24, 2.45) is 0 Å². The number of hydrogen-bond acceptors (Lipinski definition) is 3. The number of sulfonamides is 1. The third kappa shape index (κ3) is 4.34. The molecule has 0 aromatic heterocycles. The van der Waals surface area contributed by atoms with Crippen LogP contribution < -0.4 is 5.73 Å². The van der Waals surface area contributed by atoms with Crippen LogP contribution in [0.2, 0.25) is 5.02 Å². The van der Waals surface area contributed by atoms with Gasteiger partial charge in [-0.25, -0.2) is 8.42 Å². The number of anilines is 1. The smallest absolute Gasteiger partial charge is 0.243 e. The zero-order valence-corrected chi connectivity index (χ0v) is 14.8. The topological polar surface area (TPSA) is 63.4 Å². The molecule has 0 saturated heterocycles. The lowest BCUT2D eigenvalue weighted by molar-refractivity contribution is 0.345. The van der Waals surface area contributed by atoms with Gasteiger partial charge in [-0.15, -0.1) is 0 Å². The van der Waals surface area contributed by atoms with Gasteiger partial charge in [-0.2, -0.15) is 4.31 Å². The molecule has 0 bridgehead atoms. The van der Waals surface area contributed by atoms with Gasteiger partial charge in [0.05, 0.1) is 4.90 Å². The summed E-state index contributed by atoms with van der Waals surface area (Å²) in [5.41, 5.74) is 6.81. The van der Waals surface area contributed by atoms with Crippen LogP contribution in [0.3, 0.4) is 0 Å². The number of benzene rings is 1. The molecule has 0 fully saturated rings. The number of rotatable bonds is 7. The SMILES string of the molecule is CCCCCN(C(C)C)S(=O)(=O)c1cc(Cl)cc(N)c1C. The molecule has 0 aliphatic heterocycles. The first kappa shape index (κ1) is 18.3. The summed E-state index contributed by atoms with van der Waals surface area (Å²) in [6.45, 7) is 8.08. The van der Waals surface area contributed by atoms with Gasteiger partial charge < -0.3 is 5.73 Å². The Balaban J connectivity index is 3.23. The second-order valence-corrected chi connectivity index (χ2v) is 7.83. The summed E-state index contributed by atoms with van der Waals surface area (Å²) in [6.07, 6.45) is 2.91. The van der Waals surface area contributed by atoms with Crippen LogP contribution in [-0.2, 0) is 10.0 Å². The van der Waals surface area contributed by atoms with E-state index in [0.29, 0.717) is 22.8 Å². The van der Waals surface area contributed by atoms with Crippen molar-refractivity contribution < 1.29 is 8.42 Å². The fraction of sp³-hybridized carbons (Fsp3) is 0.600. The predicted molar refractivity (Wildman–Crippen MR) is 89.2 cm³/mol. The predicted octanol–water partition coefficient (Wildman–Crippen LogP) is 3.82. The van der Waals surface area contributed by atoms with E-state index < -0.39 is 10.0 Å². The molecule has 0 aliphatic carbocycles. The standard InChI is InChI=1S/C15H25ClN2O2S/c1-5-6-7-8-18(11(2)3)21(19,20)15-10-13(16)9-14(17)12(15)4/h9-11H,5-8,17H2,1-4H3. The van der Waals surface area contributed by atoms with Gasteiger partial charge in [0, 0.05) is 23.3 Å². The van der Waals surface area contributed by atoms with Gasteiger partial charge in [0.25, 0.3) is 0 Å². The monoisotopic (exact) mass is 332 g/mol. The first-order valence-electron chi connectivity index (χ1n) is 7.29. The Kier molecular flexibility index (Phi) is 6.50. The Hall–Kier alpha value is -0.780. The molecule has 120 valence electrons. The van der Waals surface area contributed by atoms with Crippen molar-refractivity contribution in [2.45, 2.75) is 57.9 Å². The van der Waals surface area contributed by atoms with E-state index in [1.807, 2.05) is 13.8 Å². The summed E-state index contributed by atoms with van der Waals surface area (Å²) in [5.74, 6) is 0. The molecule has 2 N–H and O–H groups in total. The van der Waals surface area contributed by atoms with Crippen LogP contribution in [0, 0.1) is 6.92 Å². The highest BCUT2D eigenvalue weighted by molar-refractivity contribution is 7.89. The van der Waals surface area contributed by atoms with E-state index >= 15 is 0 Å². The Bertz CT molecular complexity index is 586. The molecule has 0 amide bonds. The van der Waals surface area contributed by atoms with Crippen LogP contribution in [-0.4, -0.2) is 25.3 Å². The average Bonchev–Trinajstić information content (AvgIpc) is 2.38. The Morgan fingerprint density at radius 1 is 1.29 bits per heavy atom. The molecular formula is C15H25ClN2O2S. The van der Waals surface area contributed by atoms with E-state index in [1.165, 1.54) is 10.4 Å². The molecule has 1 rings (SSSR count). The summed E-state index contributed by atoms with van der Waals surface area (Å²) >= 11 is 5.98. The van der Waals surface area contributed by atoms with Crippen molar-refractivity contribution in [1.29, 1.82) is 0 Å². The zero-order valence-electron chi connectivity index (χ0n) is 13.2. The van der Waals surface area contributed by atoms with Crippen LogP contribution in [0.25, 0.3) is 0 Å². The molecule has 6 heteroatoms. The maximum atomic E-state index is 12.9. The quantitative estimate of drug-likeness (QED) is 0.609. The highest BCUT2D eigenvalue weighted by Gasteiger charge is 2.28. The zero-order chi connectivity index (χ0) is 16.2. The van der Waals surface area contributed by atoms with Crippen molar-refractivity contribution >= 4 is 27.3 Å². The first-order valence-corrected chi connectivity index (χ1v) is 9.11. The number of nitrogens with zero attached hydrogens (tertiary/aromatic N) is 1. The van der Waals surface area contributed by atoms with E-state index in [0.717, 1.165) is 19.3 Å². The molecule has 0 radical (unpaired) electrons. The molecule has 21 heavy (non-hydrogen) atoms. The molecule has 0 heterocycles. The van der Waals surface area contributed by atoms with E-state index in [-0.39, 0.29) is 10.9 Å². The molecular weight excluding hydrogens is 308 g/mol. The second-order valence-electron chi connectivity index (χ2n) is 5.53. The van der Waals surface area contributed by atoms with E-state index in [9.17, 15) is 8.42 Å². The molecule has 0 unspecified atom stereocenters. The largest absolute Gasteiger partial charge is 0.398 e. The normalized spacial score (nSPS) is 12.3. The van der Waals surface area contributed by atoms with Crippen molar-refractivity contribution in [2.75, 3.05) is 12.3 Å². The minimum Gasteiger partial charge on any atom is -0.398 e. The lowest BCUT2D eigenvalue weighted by Gasteiger charge is -2.27. The molecule has 0 spiro atoms. The van der Waals surface area contributed by atoms with Crippen molar-refractivity contribution in [3.63, 3.8) is 0 Å².